The van der Waals surface area contributed by atoms with Crippen molar-refractivity contribution in [3.05, 3.63) is 213 Å². The van der Waals surface area contributed by atoms with Gasteiger partial charge in [-0.2, -0.15) is 0 Å². The Hall–Kier alpha value is -7.23. The van der Waals surface area contributed by atoms with Crippen LogP contribution in [0.1, 0.15) is 4.11 Å². The van der Waals surface area contributed by atoms with E-state index in [-0.39, 0.29) is 0 Å². The van der Waals surface area contributed by atoms with Gasteiger partial charge in [0.15, 0.2) is 37.2 Å². The second-order valence-electron chi connectivity index (χ2n) is 14.5. The van der Waals surface area contributed by atoms with Crippen LogP contribution < -0.4 is 13.7 Å². The van der Waals surface area contributed by atoms with E-state index in [0.717, 1.165) is 89.0 Å². The predicted octanol–water partition coefficient (Wildman–Crippen LogP) is 11.5. The lowest BCUT2D eigenvalue weighted by atomic mass is 9.74. The van der Waals surface area contributed by atoms with E-state index < -0.39 is 0 Å². The first kappa shape index (κ1) is 32.1. The van der Waals surface area contributed by atoms with E-state index in [0.29, 0.717) is 18.1 Å². The molecule has 0 amide bonds. The molecule has 272 valence electrons. The molecule has 3 heteroatoms. The highest BCUT2D eigenvalue weighted by Gasteiger charge is 2.29. The molecule has 0 unspecified atom stereocenters. The van der Waals surface area contributed by atoms with Gasteiger partial charge in [0, 0.05) is 36.4 Å². The van der Waals surface area contributed by atoms with Crippen molar-refractivity contribution >= 4 is 0 Å². The van der Waals surface area contributed by atoms with Gasteiger partial charge in [-0.1, -0.05) is 139 Å². The molecule has 3 aromatic heterocycles. The van der Waals surface area contributed by atoms with E-state index >= 15 is 0 Å². The summed E-state index contributed by atoms with van der Waals surface area (Å²) in [6.45, 7) is 0. The third-order valence-corrected chi connectivity index (χ3v) is 10.8. The largest absolute Gasteiger partial charge is 0.208 e. The van der Waals surface area contributed by atoms with Crippen LogP contribution >= 0.6 is 0 Å². The minimum Gasteiger partial charge on any atom is -0.208 e. The number of hydrogen-bond donors (Lipinski definition) is 0. The van der Waals surface area contributed by atoms with Crippen molar-refractivity contribution in [3.8, 4) is 89.0 Å². The van der Waals surface area contributed by atoms with Crippen molar-refractivity contribution in [2.45, 2.75) is 0 Å². The molecule has 0 radical (unpaired) electrons. The number of aromatic nitrogens is 3. The molecule has 3 nitrogen and oxygen atoms in total. The highest BCUT2D eigenvalue weighted by atomic mass is 14.9. The fourth-order valence-electron chi connectivity index (χ4n) is 7.86. The Morgan fingerprint density at radius 2 is 0.421 bits per heavy atom. The minimum absolute atomic E-state index is 0.439. The maximum atomic E-state index is 8.54. The Morgan fingerprint density at radius 3 is 0.684 bits per heavy atom. The van der Waals surface area contributed by atoms with Gasteiger partial charge in [-0.15, -0.1) is 0 Å². The number of rotatable bonds is 8. The maximum Gasteiger partial charge on any atom is 0.169 e. The van der Waals surface area contributed by atoms with Gasteiger partial charge in [0.25, 0.3) is 0 Å². The highest BCUT2D eigenvalue weighted by Crippen LogP contribution is 2.56. The number of pyridine rings is 3. The molecule has 0 aliphatic carbocycles. The molecule has 3 heterocycles. The van der Waals surface area contributed by atoms with Crippen molar-refractivity contribution in [2.24, 2.45) is 21.1 Å². The van der Waals surface area contributed by atoms with Gasteiger partial charge in [-0.05, 0) is 89.0 Å². The first-order chi connectivity index (χ1) is 29.2. The van der Waals surface area contributed by atoms with Crippen LogP contribution in [0.4, 0.5) is 0 Å². The zero-order chi connectivity index (χ0) is 41.3. The van der Waals surface area contributed by atoms with Crippen LogP contribution in [0.5, 0.6) is 0 Å². The summed E-state index contributed by atoms with van der Waals surface area (Å²) in [4.78, 5) is 0. The number of aryl methyl sites for hydroxylation is 3. The van der Waals surface area contributed by atoms with Gasteiger partial charge >= 0.3 is 0 Å². The summed E-state index contributed by atoms with van der Waals surface area (Å²) in [7, 11) is 6.08. The third kappa shape index (κ3) is 7.08. The monoisotopic (exact) mass is 737 g/mol. The lowest BCUT2D eigenvalue weighted by molar-refractivity contribution is -0.671. The van der Waals surface area contributed by atoms with Crippen molar-refractivity contribution in [3.63, 3.8) is 0 Å². The Morgan fingerprint density at radius 1 is 0.246 bits per heavy atom. The maximum absolute atomic E-state index is 8.54. The Balaban J connectivity index is 1.47. The Bertz CT molecular complexity index is 2780. The van der Waals surface area contributed by atoms with Gasteiger partial charge in [0.2, 0.25) is 0 Å². The van der Waals surface area contributed by atoms with E-state index in [9.17, 15) is 0 Å². The summed E-state index contributed by atoms with van der Waals surface area (Å²) >= 11 is 0. The van der Waals surface area contributed by atoms with Crippen molar-refractivity contribution in [1.82, 2.24) is 0 Å². The highest BCUT2D eigenvalue weighted by molar-refractivity contribution is 6.15. The lowest BCUT2D eigenvalue weighted by Gasteiger charge is -2.28. The smallest absolute Gasteiger partial charge is 0.169 e. The molecule has 0 aliphatic heterocycles. The Labute approximate surface area is 339 Å². The minimum atomic E-state index is 0.439. The first-order valence-corrected chi connectivity index (χ1v) is 19.2. The van der Waals surface area contributed by atoms with Crippen molar-refractivity contribution in [2.75, 3.05) is 0 Å². The predicted molar refractivity (Wildman–Crippen MR) is 233 cm³/mol. The summed E-state index contributed by atoms with van der Waals surface area (Å²) in [6, 6.07) is 55.6. The van der Waals surface area contributed by atoms with Crippen LogP contribution in [0.15, 0.2) is 213 Å². The van der Waals surface area contributed by atoms with Crippen LogP contribution in [0.25, 0.3) is 89.0 Å². The molecule has 57 heavy (non-hydrogen) atoms. The summed E-state index contributed by atoms with van der Waals surface area (Å²) in [5, 5.41) is 0. The molecule has 9 aromatic rings. The molecule has 0 N–H and O–H groups in total. The summed E-state index contributed by atoms with van der Waals surface area (Å²) in [5.41, 5.74) is 16.9. The molecule has 0 fully saturated rings. The summed E-state index contributed by atoms with van der Waals surface area (Å²) in [5.74, 6) is 0. The molecule has 0 atom stereocenters. The molecular formula is C54H44N3+3. The summed E-state index contributed by atoms with van der Waals surface area (Å²) in [6.07, 6.45) is 12.5. The molecule has 0 saturated carbocycles. The van der Waals surface area contributed by atoms with Gasteiger partial charge in [-0.3, -0.25) is 0 Å². The second kappa shape index (κ2) is 15.5. The molecular weight excluding hydrogens is 691 g/mol. The van der Waals surface area contributed by atoms with Gasteiger partial charge in [0.1, 0.15) is 21.1 Å². The van der Waals surface area contributed by atoms with Crippen LogP contribution in [0.2, 0.25) is 0 Å². The van der Waals surface area contributed by atoms with E-state index in [4.69, 9.17) is 4.11 Å². The first-order valence-electron chi connectivity index (χ1n) is 20.7. The van der Waals surface area contributed by atoms with E-state index in [2.05, 4.69) is 163 Å². The van der Waals surface area contributed by atoms with Gasteiger partial charge in [0.05, 0.1) is 4.11 Å². The van der Waals surface area contributed by atoms with Crippen LogP contribution in [0.3, 0.4) is 0 Å². The van der Waals surface area contributed by atoms with E-state index in [1.807, 2.05) is 66.7 Å². The quantitative estimate of drug-likeness (QED) is 0.138. The molecule has 0 saturated heterocycles. The average molecular weight is 738 g/mol. The van der Waals surface area contributed by atoms with Gasteiger partial charge in [-0.25, -0.2) is 13.7 Å². The third-order valence-electron chi connectivity index (χ3n) is 10.8. The van der Waals surface area contributed by atoms with E-state index in [1.165, 1.54) is 0 Å². The molecule has 9 rings (SSSR count). The normalized spacial score (nSPS) is 11.8. The zero-order valence-electron chi connectivity index (χ0n) is 35.3. The summed E-state index contributed by atoms with van der Waals surface area (Å²) < 4.78 is 31.7. The fourth-order valence-corrected chi connectivity index (χ4v) is 7.86. The van der Waals surface area contributed by atoms with Crippen LogP contribution in [-0.4, -0.2) is 0 Å². The average Bonchev–Trinajstić information content (AvgIpc) is 3.27. The lowest BCUT2D eigenvalue weighted by Crippen LogP contribution is -2.25. The molecule has 0 bridgehead atoms. The number of hydrogen-bond acceptors (Lipinski definition) is 0. The van der Waals surface area contributed by atoms with Crippen LogP contribution in [0, 0.1) is 0 Å². The van der Waals surface area contributed by atoms with Gasteiger partial charge < -0.3 is 0 Å². The van der Waals surface area contributed by atoms with Crippen LogP contribution in [-0.2, 0) is 21.1 Å². The second-order valence-corrected chi connectivity index (χ2v) is 14.5. The zero-order valence-corrected chi connectivity index (χ0v) is 32.3. The molecule has 6 aromatic carbocycles. The topological polar surface area (TPSA) is 11.6 Å². The fraction of sp³-hybridized carbons (Fsp3) is 0.0556. The number of benzene rings is 6. The van der Waals surface area contributed by atoms with Crippen molar-refractivity contribution in [1.29, 1.82) is 0 Å². The standard InChI is InChI=1S/C54H44N3/c1-55-33-27-41(28-34-55)39-19-23-46(24-20-39)52-49(43-13-7-4-8-14-43)53(47-25-21-40(22-26-47)42-29-35-56(2)36-30-42)51(45-17-11-6-12-18-45)54(48-31-37-57(3)38-32-48)50(52)44-15-9-5-10-16-44/h4-38H,1-3H3/q+3/i4D,5D,6D. The number of nitrogens with zero attached hydrogens (tertiary/aromatic N) is 3. The Kier molecular flexibility index (Phi) is 8.71. The van der Waals surface area contributed by atoms with E-state index in [1.54, 1.807) is 0 Å². The molecule has 0 aliphatic rings. The SMILES string of the molecule is [2H]c1ccc(-c2c(-c3ccc(-c4cc[n+](C)cc4)cc3)c(-c3ccc([2H])cc3)c(-c3cc[n+](C)cc3)c(-c3ccc([2H])cc3)c2-c2ccc(-c3cc[n+](C)cc3)cc2)cc1. The molecule has 0 spiro atoms. The van der Waals surface area contributed by atoms with Crippen molar-refractivity contribution < 1.29 is 17.8 Å².